The maximum absolute atomic E-state index is 13.3. The molecular weight excluding hydrogens is 267 g/mol. The maximum atomic E-state index is 13.3. The van der Waals surface area contributed by atoms with Crippen LogP contribution in [0.15, 0.2) is 36.4 Å². The number of halogens is 2. The fraction of sp³-hybridized carbons (Fsp3) is 0.133. The predicted octanol–water partition coefficient (Wildman–Crippen LogP) is 4.18. The third-order valence-corrected chi connectivity index (χ3v) is 3.13. The van der Waals surface area contributed by atoms with E-state index in [9.17, 15) is 9.18 Å². The first kappa shape index (κ1) is 13.6. The lowest BCUT2D eigenvalue weighted by Crippen LogP contribution is -2.00. The summed E-state index contributed by atoms with van der Waals surface area (Å²) in [6, 6.07) is 9.82. The van der Waals surface area contributed by atoms with Crippen LogP contribution < -0.4 is 4.74 Å². The summed E-state index contributed by atoms with van der Waals surface area (Å²) < 4.78 is 18.8. The number of rotatable bonds is 4. The normalized spacial score (nSPS) is 10.3. The van der Waals surface area contributed by atoms with Crippen molar-refractivity contribution in [1.29, 1.82) is 0 Å². The fourth-order valence-corrected chi connectivity index (χ4v) is 1.89. The van der Waals surface area contributed by atoms with Crippen LogP contribution in [0.3, 0.4) is 0 Å². The average molecular weight is 279 g/mol. The van der Waals surface area contributed by atoms with Crippen molar-refractivity contribution in [3.05, 3.63) is 63.9 Å². The smallest absolute Gasteiger partial charge is 0.153 e. The molecule has 2 aromatic carbocycles. The van der Waals surface area contributed by atoms with E-state index in [4.69, 9.17) is 16.3 Å². The minimum Gasteiger partial charge on any atom is -0.488 e. The van der Waals surface area contributed by atoms with Crippen molar-refractivity contribution in [2.24, 2.45) is 0 Å². The first-order chi connectivity index (χ1) is 9.11. The van der Waals surface area contributed by atoms with Gasteiger partial charge in [-0.25, -0.2) is 4.39 Å². The van der Waals surface area contributed by atoms with Crippen molar-refractivity contribution >= 4 is 17.9 Å². The average Bonchev–Trinajstić information content (AvgIpc) is 2.41. The van der Waals surface area contributed by atoms with E-state index in [0.717, 1.165) is 11.8 Å². The maximum Gasteiger partial charge on any atom is 0.153 e. The molecule has 0 aromatic heterocycles. The van der Waals surface area contributed by atoms with E-state index in [1.807, 2.05) is 13.0 Å². The number of aryl methyl sites for hydroxylation is 1. The van der Waals surface area contributed by atoms with Crippen LogP contribution >= 0.6 is 11.6 Å². The van der Waals surface area contributed by atoms with E-state index >= 15 is 0 Å². The van der Waals surface area contributed by atoms with Gasteiger partial charge in [0.25, 0.3) is 0 Å². The summed E-state index contributed by atoms with van der Waals surface area (Å²) in [6.07, 6.45) is 0.732. The Balaban J connectivity index is 2.19. The van der Waals surface area contributed by atoms with E-state index in [-0.39, 0.29) is 11.6 Å². The highest BCUT2D eigenvalue weighted by Gasteiger charge is 2.08. The van der Waals surface area contributed by atoms with E-state index < -0.39 is 5.82 Å². The van der Waals surface area contributed by atoms with Gasteiger partial charge in [0, 0.05) is 5.56 Å². The van der Waals surface area contributed by atoms with Gasteiger partial charge in [-0.1, -0.05) is 35.4 Å². The molecule has 0 N–H and O–H groups in total. The zero-order chi connectivity index (χ0) is 13.8. The summed E-state index contributed by atoms with van der Waals surface area (Å²) in [7, 11) is 0. The minimum absolute atomic E-state index is 0.0438. The van der Waals surface area contributed by atoms with Crippen molar-refractivity contribution in [1.82, 2.24) is 0 Å². The number of hydrogen-bond donors (Lipinski definition) is 0. The molecule has 2 aromatic rings. The van der Waals surface area contributed by atoms with Crippen LogP contribution in [0.1, 0.15) is 21.5 Å². The van der Waals surface area contributed by atoms with Crippen LogP contribution in [0.5, 0.6) is 5.75 Å². The summed E-state index contributed by atoms with van der Waals surface area (Å²) in [5.41, 5.74) is 1.98. The standard InChI is InChI=1S/C15H12ClFO2/c1-10-5-6-14(12(7-10)8-18)19-9-11-3-2-4-13(17)15(11)16/h2-8H,9H2,1H3. The van der Waals surface area contributed by atoms with Crippen LogP contribution in [0.4, 0.5) is 4.39 Å². The third-order valence-electron chi connectivity index (χ3n) is 2.71. The molecule has 19 heavy (non-hydrogen) atoms. The number of benzene rings is 2. The Morgan fingerprint density at radius 1 is 1.32 bits per heavy atom. The van der Waals surface area contributed by atoms with E-state index in [1.54, 1.807) is 24.3 Å². The van der Waals surface area contributed by atoms with Gasteiger partial charge in [0.05, 0.1) is 10.6 Å². The van der Waals surface area contributed by atoms with E-state index in [2.05, 4.69) is 0 Å². The van der Waals surface area contributed by atoms with Gasteiger partial charge in [-0.3, -0.25) is 4.79 Å². The molecule has 0 amide bonds. The molecule has 0 aliphatic carbocycles. The first-order valence-electron chi connectivity index (χ1n) is 5.73. The summed E-state index contributed by atoms with van der Waals surface area (Å²) in [6.45, 7) is 2.00. The largest absolute Gasteiger partial charge is 0.488 e. The SMILES string of the molecule is Cc1ccc(OCc2cccc(F)c2Cl)c(C=O)c1. The topological polar surface area (TPSA) is 26.3 Å². The summed E-state index contributed by atoms with van der Waals surface area (Å²) in [5.74, 6) is -0.0248. The molecule has 2 rings (SSSR count). The molecule has 0 aliphatic rings. The highest BCUT2D eigenvalue weighted by Crippen LogP contribution is 2.23. The van der Waals surface area contributed by atoms with Crippen LogP contribution in [-0.2, 0) is 6.61 Å². The van der Waals surface area contributed by atoms with E-state index in [0.29, 0.717) is 16.9 Å². The molecule has 0 saturated carbocycles. The van der Waals surface area contributed by atoms with Crippen LogP contribution in [-0.4, -0.2) is 6.29 Å². The van der Waals surface area contributed by atoms with Crippen LogP contribution in [0, 0.1) is 12.7 Å². The molecule has 0 aliphatic heterocycles. The Hall–Kier alpha value is -1.87. The van der Waals surface area contributed by atoms with E-state index in [1.165, 1.54) is 6.07 Å². The monoisotopic (exact) mass is 278 g/mol. The van der Waals surface area contributed by atoms with Crippen molar-refractivity contribution < 1.29 is 13.9 Å². The Morgan fingerprint density at radius 3 is 2.84 bits per heavy atom. The molecule has 0 heterocycles. The lowest BCUT2D eigenvalue weighted by atomic mass is 10.1. The quantitative estimate of drug-likeness (QED) is 0.784. The van der Waals surface area contributed by atoms with Gasteiger partial charge in [0.1, 0.15) is 18.2 Å². The first-order valence-corrected chi connectivity index (χ1v) is 6.11. The van der Waals surface area contributed by atoms with Crippen molar-refractivity contribution in [2.75, 3.05) is 0 Å². The molecule has 0 fully saturated rings. The third kappa shape index (κ3) is 3.12. The van der Waals surface area contributed by atoms with Gasteiger partial charge < -0.3 is 4.74 Å². The van der Waals surface area contributed by atoms with Crippen molar-refractivity contribution in [3.8, 4) is 5.75 Å². The Labute approximate surface area is 115 Å². The summed E-state index contributed by atoms with van der Waals surface area (Å²) >= 11 is 5.83. The molecule has 0 saturated heterocycles. The molecule has 0 radical (unpaired) electrons. The second-order valence-corrected chi connectivity index (χ2v) is 4.54. The fourth-order valence-electron chi connectivity index (χ4n) is 1.71. The second-order valence-electron chi connectivity index (χ2n) is 4.16. The second kappa shape index (κ2) is 5.85. The molecule has 2 nitrogen and oxygen atoms in total. The number of carbonyl (C=O) groups excluding carboxylic acids is 1. The highest BCUT2D eigenvalue weighted by molar-refractivity contribution is 6.31. The Morgan fingerprint density at radius 2 is 2.11 bits per heavy atom. The summed E-state index contributed by atoms with van der Waals surface area (Å²) in [4.78, 5) is 10.9. The lowest BCUT2D eigenvalue weighted by molar-refractivity contribution is 0.111. The lowest BCUT2D eigenvalue weighted by Gasteiger charge is -2.10. The van der Waals surface area contributed by atoms with Gasteiger partial charge in [0.15, 0.2) is 6.29 Å². The molecule has 0 unspecified atom stereocenters. The zero-order valence-electron chi connectivity index (χ0n) is 10.3. The van der Waals surface area contributed by atoms with Gasteiger partial charge in [-0.05, 0) is 25.1 Å². The molecule has 0 spiro atoms. The number of aldehydes is 1. The molecular formula is C15H12ClFO2. The summed E-state index contributed by atoms with van der Waals surface area (Å²) in [5, 5.41) is 0.0438. The van der Waals surface area contributed by atoms with Crippen LogP contribution in [0.25, 0.3) is 0 Å². The van der Waals surface area contributed by atoms with Gasteiger partial charge in [0.2, 0.25) is 0 Å². The van der Waals surface area contributed by atoms with Crippen LogP contribution in [0.2, 0.25) is 5.02 Å². The highest BCUT2D eigenvalue weighted by atomic mass is 35.5. The number of ether oxygens (including phenoxy) is 1. The number of carbonyl (C=O) groups is 1. The van der Waals surface area contributed by atoms with Crippen molar-refractivity contribution in [2.45, 2.75) is 13.5 Å². The molecule has 0 atom stereocenters. The molecule has 4 heteroatoms. The Kier molecular flexibility index (Phi) is 4.17. The van der Waals surface area contributed by atoms with Crippen molar-refractivity contribution in [3.63, 3.8) is 0 Å². The van der Waals surface area contributed by atoms with Gasteiger partial charge >= 0.3 is 0 Å². The number of hydrogen-bond acceptors (Lipinski definition) is 2. The van der Waals surface area contributed by atoms with Gasteiger partial charge in [-0.2, -0.15) is 0 Å². The Bertz CT molecular complexity index is 611. The predicted molar refractivity (Wildman–Crippen MR) is 72.3 cm³/mol. The minimum atomic E-state index is -0.484. The molecule has 98 valence electrons. The zero-order valence-corrected chi connectivity index (χ0v) is 11.1. The van der Waals surface area contributed by atoms with Gasteiger partial charge in [-0.15, -0.1) is 0 Å². The molecule has 0 bridgehead atoms.